The summed E-state index contributed by atoms with van der Waals surface area (Å²) in [5.41, 5.74) is 0.968. The number of hydrogen-bond donors (Lipinski definition) is 1. The Morgan fingerprint density at radius 1 is 1.39 bits per heavy atom. The smallest absolute Gasteiger partial charge is 0.186 e. The standard InChI is InChI=1S/C14H22N2OS/c1-9(2)8-16(10-6-7-10)14-15-13-11(17)4-3-5-12(13)18-14/h9-11,17H,3-8H2,1-2H3. The highest BCUT2D eigenvalue weighted by Crippen LogP contribution is 2.40. The predicted molar refractivity (Wildman–Crippen MR) is 75.2 cm³/mol. The summed E-state index contributed by atoms with van der Waals surface area (Å²) in [5.74, 6) is 0.663. The number of anilines is 1. The Hall–Kier alpha value is -0.610. The van der Waals surface area contributed by atoms with Crippen molar-refractivity contribution >= 4 is 16.5 Å². The quantitative estimate of drug-likeness (QED) is 0.909. The number of hydrogen-bond acceptors (Lipinski definition) is 4. The molecule has 3 nitrogen and oxygen atoms in total. The summed E-state index contributed by atoms with van der Waals surface area (Å²) in [5, 5.41) is 11.2. The van der Waals surface area contributed by atoms with Crippen molar-refractivity contribution in [3.05, 3.63) is 10.6 Å². The second kappa shape index (κ2) is 4.82. The van der Waals surface area contributed by atoms with Gasteiger partial charge in [-0.2, -0.15) is 0 Å². The van der Waals surface area contributed by atoms with Gasteiger partial charge in [0.15, 0.2) is 5.13 Å². The lowest BCUT2D eigenvalue weighted by Gasteiger charge is -2.23. The molecule has 2 aliphatic rings. The number of aliphatic hydroxyl groups excluding tert-OH is 1. The minimum atomic E-state index is -0.321. The van der Waals surface area contributed by atoms with E-state index in [1.807, 2.05) is 11.3 Å². The highest BCUT2D eigenvalue weighted by Gasteiger charge is 2.33. The van der Waals surface area contributed by atoms with E-state index in [0.717, 1.165) is 36.6 Å². The first-order valence-corrected chi connectivity index (χ1v) is 7.91. The van der Waals surface area contributed by atoms with Gasteiger partial charge in [-0.25, -0.2) is 4.98 Å². The average molecular weight is 266 g/mol. The molecule has 1 fully saturated rings. The van der Waals surface area contributed by atoms with Crippen molar-refractivity contribution in [2.24, 2.45) is 5.92 Å². The molecule has 1 heterocycles. The number of rotatable bonds is 4. The molecule has 0 amide bonds. The fourth-order valence-corrected chi connectivity index (χ4v) is 3.91. The van der Waals surface area contributed by atoms with Gasteiger partial charge in [-0.05, 0) is 38.0 Å². The molecule has 1 N–H and O–H groups in total. The zero-order chi connectivity index (χ0) is 12.7. The highest BCUT2D eigenvalue weighted by molar-refractivity contribution is 7.15. The molecule has 3 rings (SSSR count). The van der Waals surface area contributed by atoms with Gasteiger partial charge in [0, 0.05) is 17.5 Å². The molecule has 1 saturated carbocycles. The van der Waals surface area contributed by atoms with E-state index in [1.54, 1.807) is 0 Å². The molecule has 4 heteroatoms. The Kier molecular flexibility index (Phi) is 3.32. The predicted octanol–water partition coefficient (Wildman–Crippen LogP) is 3.14. The molecule has 1 unspecified atom stereocenters. The third-order valence-electron chi connectivity index (χ3n) is 3.71. The second-order valence-corrected chi connectivity index (χ2v) is 7.05. The first-order chi connectivity index (χ1) is 8.65. The van der Waals surface area contributed by atoms with Crippen LogP contribution in [-0.2, 0) is 6.42 Å². The van der Waals surface area contributed by atoms with Crippen LogP contribution < -0.4 is 4.90 Å². The maximum Gasteiger partial charge on any atom is 0.186 e. The molecular formula is C14H22N2OS. The van der Waals surface area contributed by atoms with Gasteiger partial charge in [0.05, 0.1) is 11.8 Å². The molecule has 1 aromatic rings. The molecule has 0 bridgehead atoms. The van der Waals surface area contributed by atoms with Crippen molar-refractivity contribution in [1.82, 2.24) is 4.98 Å². The van der Waals surface area contributed by atoms with Crippen LogP contribution in [0.25, 0.3) is 0 Å². The highest BCUT2D eigenvalue weighted by atomic mass is 32.1. The van der Waals surface area contributed by atoms with Gasteiger partial charge >= 0.3 is 0 Å². The van der Waals surface area contributed by atoms with Gasteiger partial charge < -0.3 is 10.0 Å². The van der Waals surface area contributed by atoms with Crippen LogP contribution in [0, 0.1) is 5.92 Å². The molecule has 2 aliphatic carbocycles. The fourth-order valence-electron chi connectivity index (χ4n) is 2.67. The second-order valence-electron chi connectivity index (χ2n) is 5.99. The largest absolute Gasteiger partial charge is 0.387 e. The van der Waals surface area contributed by atoms with Crippen LogP contribution in [0.4, 0.5) is 5.13 Å². The Labute approximate surface area is 113 Å². The summed E-state index contributed by atoms with van der Waals surface area (Å²) in [6.45, 7) is 5.61. The number of thiazole rings is 1. The van der Waals surface area contributed by atoms with Crippen molar-refractivity contribution in [3.8, 4) is 0 Å². The summed E-state index contributed by atoms with van der Waals surface area (Å²) in [7, 11) is 0. The van der Waals surface area contributed by atoms with Crippen LogP contribution in [-0.4, -0.2) is 22.7 Å². The molecule has 100 valence electrons. The van der Waals surface area contributed by atoms with Gasteiger partial charge in [-0.3, -0.25) is 0 Å². The Morgan fingerprint density at radius 3 is 2.78 bits per heavy atom. The molecule has 0 aliphatic heterocycles. The van der Waals surface area contributed by atoms with Crippen molar-refractivity contribution in [3.63, 3.8) is 0 Å². The Bertz CT molecular complexity index is 425. The third kappa shape index (κ3) is 2.41. The third-order valence-corrected chi connectivity index (χ3v) is 4.88. The number of aromatic nitrogens is 1. The zero-order valence-corrected chi connectivity index (χ0v) is 12.0. The van der Waals surface area contributed by atoms with Crippen LogP contribution in [0.15, 0.2) is 0 Å². The van der Waals surface area contributed by atoms with Gasteiger partial charge in [-0.15, -0.1) is 11.3 Å². The van der Waals surface area contributed by atoms with Crippen molar-refractivity contribution in [2.45, 2.75) is 58.1 Å². The van der Waals surface area contributed by atoms with Crippen molar-refractivity contribution < 1.29 is 5.11 Å². The first kappa shape index (κ1) is 12.4. The molecule has 18 heavy (non-hydrogen) atoms. The SMILES string of the molecule is CC(C)CN(c1nc2c(s1)CCCC2O)C1CC1. The van der Waals surface area contributed by atoms with E-state index < -0.39 is 0 Å². The first-order valence-electron chi connectivity index (χ1n) is 7.09. The molecule has 0 spiro atoms. The lowest BCUT2D eigenvalue weighted by atomic mass is 10.0. The minimum absolute atomic E-state index is 0.321. The lowest BCUT2D eigenvalue weighted by Crippen LogP contribution is -2.29. The summed E-state index contributed by atoms with van der Waals surface area (Å²) in [6, 6.07) is 0.706. The maximum absolute atomic E-state index is 10.0. The summed E-state index contributed by atoms with van der Waals surface area (Å²) in [6.07, 6.45) is 5.37. The van der Waals surface area contributed by atoms with E-state index in [9.17, 15) is 5.11 Å². The number of nitrogens with zero attached hydrogens (tertiary/aromatic N) is 2. The number of aliphatic hydroxyl groups is 1. The van der Waals surface area contributed by atoms with E-state index in [-0.39, 0.29) is 6.10 Å². The number of aryl methyl sites for hydroxylation is 1. The maximum atomic E-state index is 10.0. The molecule has 0 saturated heterocycles. The summed E-state index contributed by atoms with van der Waals surface area (Å²) < 4.78 is 0. The zero-order valence-electron chi connectivity index (χ0n) is 11.2. The Morgan fingerprint density at radius 2 is 2.17 bits per heavy atom. The monoisotopic (exact) mass is 266 g/mol. The van der Waals surface area contributed by atoms with Crippen LogP contribution in [0.2, 0.25) is 0 Å². The minimum Gasteiger partial charge on any atom is -0.387 e. The van der Waals surface area contributed by atoms with Gasteiger partial charge in [0.25, 0.3) is 0 Å². The fraction of sp³-hybridized carbons (Fsp3) is 0.786. The summed E-state index contributed by atoms with van der Waals surface area (Å²) >= 11 is 1.81. The van der Waals surface area contributed by atoms with Crippen LogP contribution in [0.3, 0.4) is 0 Å². The van der Waals surface area contributed by atoms with E-state index in [4.69, 9.17) is 4.98 Å². The Balaban J connectivity index is 1.85. The van der Waals surface area contributed by atoms with E-state index in [0.29, 0.717) is 12.0 Å². The van der Waals surface area contributed by atoms with Crippen LogP contribution >= 0.6 is 11.3 Å². The van der Waals surface area contributed by atoms with E-state index >= 15 is 0 Å². The topological polar surface area (TPSA) is 36.4 Å². The average Bonchev–Trinajstić information content (AvgIpc) is 3.05. The van der Waals surface area contributed by atoms with Crippen molar-refractivity contribution in [1.29, 1.82) is 0 Å². The molecular weight excluding hydrogens is 244 g/mol. The van der Waals surface area contributed by atoms with Crippen LogP contribution in [0.5, 0.6) is 0 Å². The molecule has 1 aromatic heterocycles. The normalized spacial score (nSPS) is 23.2. The molecule has 0 aromatic carbocycles. The summed E-state index contributed by atoms with van der Waals surface area (Å²) in [4.78, 5) is 8.53. The number of fused-ring (bicyclic) bond motifs is 1. The van der Waals surface area contributed by atoms with Gasteiger partial charge in [0.1, 0.15) is 0 Å². The van der Waals surface area contributed by atoms with E-state index in [1.165, 1.54) is 17.7 Å². The van der Waals surface area contributed by atoms with Crippen molar-refractivity contribution in [2.75, 3.05) is 11.4 Å². The lowest BCUT2D eigenvalue weighted by molar-refractivity contribution is 0.153. The molecule has 1 atom stereocenters. The van der Waals surface area contributed by atoms with Gasteiger partial charge in [0.2, 0.25) is 0 Å². The van der Waals surface area contributed by atoms with E-state index in [2.05, 4.69) is 18.7 Å². The van der Waals surface area contributed by atoms with Gasteiger partial charge in [-0.1, -0.05) is 13.8 Å². The molecule has 0 radical (unpaired) electrons. The van der Waals surface area contributed by atoms with Crippen LogP contribution in [0.1, 0.15) is 56.2 Å².